The summed E-state index contributed by atoms with van der Waals surface area (Å²) < 4.78 is 14.0. The van der Waals surface area contributed by atoms with Crippen molar-refractivity contribution >= 4 is 11.6 Å². The third-order valence-electron chi connectivity index (χ3n) is 4.17. The average molecular weight is 290 g/mol. The summed E-state index contributed by atoms with van der Waals surface area (Å²) in [4.78, 5) is 0. The first-order valence-electron chi connectivity index (χ1n) is 6.89. The lowest BCUT2D eigenvalue weighted by atomic mass is 9.74. The highest BCUT2D eigenvalue weighted by atomic mass is 35.5. The predicted octanol–water partition coefficient (Wildman–Crippen LogP) is 4.47. The Hall–Kier alpha value is -1.38. The molecule has 0 spiro atoms. The summed E-state index contributed by atoms with van der Waals surface area (Å²) in [5.74, 6) is 0.281. The Morgan fingerprint density at radius 3 is 2.80 bits per heavy atom. The highest BCUT2D eigenvalue weighted by molar-refractivity contribution is 6.30. The monoisotopic (exact) mass is 289 g/mol. The van der Waals surface area contributed by atoms with Gasteiger partial charge in [0.2, 0.25) is 0 Å². The van der Waals surface area contributed by atoms with Gasteiger partial charge in [-0.15, -0.1) is 0 Å². The van der Waals surface area contributed by atoms with Gasteiger partial charge in [-0.1, -0.05) is 41.9 Å². The lowest BCUT2D eigenvalue weighted by Crippen LogP contribution is -2.25. The predicted molar refractivity (Wildman–Crippen MR) is 80.7 cm³/mol. The molecule has 3 rings (SSSR count). The minimum absolute atomic E-state index is 0.0191. The molecule has 2 unspecified atom stereocenters. The van der Waals surface area contributed by atoms with Crippen LogP contribution in [0.5, 0.6) is 0 Å². The lowest BCUT2D eigenvalue weighted by molar-refractivity contribution is 0.437. The standard InChI is InChI=1S/C17H17ClFN/c1-20-17(15-7-6-13(18)10-16(15)19)9-12-8-11-4-2-3-5-14(11)12/h2-7,10,12,17,20H,8-9H2,1H3. The highest BCUT2D eigenvalue weighted by Crippen LogP contribution is 2.41. The van der Waals surface area contributed by atoms with Crippen LogP contribution in [0.1, 0.15) is 35.1 Å². The molecule has 2 aromatic carbocycles. The van der Waals surface area contributed by atoms with Gasteiger partial charge in [0.05, 0.1) is 0 Å². The van der Waals surface area contributed by atoms with Crippen molar-refractivity contribution in [3.05, 3.63) is 70.0 Å². The molecule has 0 saturated heterocycles. The van der Waals surface area contributed by atoms with Crippen LogP contribution in [-0.4, -0.2) is 7.05 Å². The Labute approximate surface area is 123 Å². The smallest absolute Gasteiger partial charge is 0.129 e. The molecule has 0 aliphatic heterocycles. The van der Waals surface area contributed by atoms with Gasteiger partial charge >= 0.3 is 0 Å². The summed E-state index contributed by atoms with van der Waals surface area (Å²) in [6.07, 6.45) is 2.00. The minimum atomic E-state index is -0.232. The van der Waals surface area contributed by atoms with E-state index in [1.165, 1.54) is 17.2 Å². The summed E-state index contributed by atoms with van der Waals surface area (Å²) in [7, 11) is 1.88. The number of hydrogen-bond acceptors (Lipinski definition) is 1. The topological polar surface area (TPSA) is 12.0 Å². The van der Waals surface area contributed by atoms with Gasteiger partial charge in [-0.3, -0.25) is 0 Å². The van der Waals surface area contributed by atoms with E-state index < -0.39 is 0 Å². The molecule has 1 nitrogen and oxygen atoms in total. The summed E-state index contributed by atoms with van der Waals surface area (Å²) in [5.41, 5.74) is 3.52. The molecule has 2 aromatic rings. The van der Waals surface area contributed by atoms with Gasteiger partial charge in [0.1, 0.15) is 5.82 Å². The summed E-state index contributed by atoms with van der Waals surface area (Å²) in [5, 5.41) is 3.67. The van der Waals surface area contributed by atoms with Crippen LogP contribution in [0.3, 0.4) is 0 Å². The van der Waals surface area contributed by atoms with Crippen LogP contribution in [-0.2, 0) is 6.42 Å². The molecule has 2 atom stereocenters. The molecule has 1 aliphatic rings. The van der Waals surface area contributed by atoms with Crippen LogP contribution < -0.4 is 5.32 Å². The maximum absolute atomic E-state index is 14.0. The largest absolute Gasteiger partial charge is 0.313 e. The third kappa shape index (κ3) is 2.46. The van der Waals surface area contributed by atoms with Gasteiger partial charge in [0, 0.05) is 16.6 Å². The van der Waals surface area contributed by atoms with Crippen molar-refractivity contribution in [3.8, 4) is 0 Å². The summed E-state index contributed by atoms with van der Waals surface area (Å²) >= 11 is 5.82. The Bertz CT molecular complexity index is 626. The van der Waals surface area contributed by atoms with E-state index in [1.807, 2.05) is 7.05 Å². The Kier molecular flexibility index (Phi) is 3.77. The third-order valence-corrected chi connectivity index (χ3v) is 4.40. The molecule has 0 radical (unpaired) electrons. The van der Waals surface area contributed by atoms with E-state index in [1.54, 1.807) is 12.1 Å². The van der Waals surface area contributed by atoms with E-state index in [-0.39, 0.29) is 11.9 Å². The molecular weight excluding hydrogens is 273 g/mol. The summed E-state index contributed by atoms with van der Waals surface area (Å²) in [6, 6.07) is 13.4. The molecule has 0 amide bonds. The number of benzene rings is 2. The van der Waals surface area contributed by atoms with Crippen LogP contribution >= 0.6 is 11.6 Å². The average Bonchev–Trinajstić information content (AvgIpc) is 2.41. The Balaban J connectivity index is 1.79. The Morgan fingerprint density at radius 2 is 2.10 bits per heavy atom. The molecule has 0 bridgehead atoms. The zero-order chi connectivity index (χ0) is 14.1. The van der Waals surface area contributed by atoms with Gasteiger partial charge in [0.25, 0.3) is 0 Å². The van der Waals surface area contributed by atoms with Crippen molar-refractivity contribution in [3.63, 3.8) is 0 Å². The van der Waals surface area contributed by atoms with Crippen LogP contribution in [0.4, 0.5) is 4.39 Å². The van der Waals surface area contributed by atoms with Crippen molar-refractivity contribution in [1.29, 1.82) is 0 Å². The number of rotatable bonds is 4. The molecule has 20 heavy (non-hydrogen) atoms. The molecule has 3 heteroatoms. The van der Waals surface area contributed by atoms with E-state index >= 15 is 0 Å². The molecule has 104 valence electrons. The van der Waals surface area contributed by atoms with Crippen molar-refractivity contribution in [2.75, 3.05) is 7.05 Å². The second-order valence-corrected chi connectivity index (χ2v) is 5.78. The number of halogens is 2. The second kappa shape index (κ2) is 5.55. The molecular formula is C17H17ClFN. The zero-order valence-electron chi connectivity index (χ0n) is 11.4. The zero-order valence-corrected chi connectivity index (χ0v) is 12.1. The van der Waals surface area contributed by atoms with Gasteiger partial charge in [-0.05, 0) is 49.1 Å². The van der Waals surface area contributed by atoms with Crippen LogP contribution in [0, 0.1) is 5.82 Å². The molecule has 0 heterocycles. The first kappa shape index (κ1) is 13.6. The van der Waals surface area contributed by atoms with Gasteiger partial charge in [-0.2, -0.15) is 0 Å². The van der Waals surface area contributed by atoms with Crippen molar-refractivity contribution < 1.29 is 4.39 Å². The minimum Gasteiger partial charge on any atom is -0.313 e. The highest BCUT2D eigenvalue weighted by Gasteiger charge is 2.28. The van der Waals surface area contributed by atoms with E-state index in [9.17, 15) is 4.39 Å². The first-order chi connectivity index (χ1) is 9.69. The van der Waals surface area contributed by atoms with Gasteiger partial charge in [0.15, 0.2) is 0 Å². The quantitative estimate of drug-likeness (QED) is 0.876. The maximum Gasteiger partial charge on any atom is 0.129 e. The Morgan fingerprint density at radius 1 is 1.30 bits per heavy atom. The molecule has 0 aromatic heterocycles. The van der Waals surface area contributed by atoms with Crippen molar-refractivity contribution in [1.82, 2.24) is 5.32 Å². The van der Waals surface area contributed by atoms with Gasteiger partial charge < -0.3 is 5.32 Å². The maximum atomic E-state index is 14.0. The SMILES string of the molecule is CNC(CC1Cc2ccccc21)c1ccc(Cl)cc1F. The summed E-state index contributed by atoms with van der Waals surface area (Å²) in [6.45, 7) is 0. The van der Waals surface area contributed by atoms with Crippen LogP contribution in [0.25, 0.3) is 0 Å². The van der Waals surface area contributed by atoms with Crippen LogP contribution in [0.15, 0.2) is 42.5 Å². The van der Waals surface area contributed by atoms with E-state index in [0.29, 0.717) is 16.5 Å². The number of hydrogen-bond donors (Lipinski definition) is 1. The lowest BCUT2D eigenvalue weighted by Gasteiger charge is -2.33. The van der Waals surface area contributed by atoms with E-state index in [4.69, 9.17) is 11.6 Å². The van der Waals surface area contributed by atoms with Gasteiger partial charge in [-0.25, -0.2) is 4.39 Å². The normalized spacial score (nSPS) is 18.2. The number of fused-ring (bicyclic) bond motifs is 1. The second-order valence-electron chi connectivity index (χ2n) is 5.34. The van der Waals surface area contributed by atoms with Crippen LogP contribution in [0.2, 0.25) is 5.02 Å². The molecule has 1 aliphatic carbocycles. The fraction of sp³-hybridized carbons (Fsp3) is 0.294. The fourth-order valence-electron chi connectivity index (χ4n) is 3.04. The number of nitrogens with one attached hydrogen (secondary N) is 1. The van der Waals surface area contributed by atoms with E-state index in [2.05, 4.69) is 29.6 Å². The molecule has 0 saturated carbocycles. The van der Waals surface area contributed by atoms with Crippen molar-refractivity contribution in [2.45, 2.75) is 24.8 Å². The van der Waals surface area contributed by atoms with E-state index in [0.717, 1.165) is 12.8 Å². The molecule has 0 fully saturated rings. The first-order valence-corrected chi connectivity index (χ1v) is 7.27. The molecule has 1 N–H and O–H groups in total. The fourth-order valence-corrected chi connectivity index (χ4v) is 3.20. The van der Waals surface area contributed by atoms with Crippen molar-refractivity contribution in [2.24, 2.45) is 0 Å².